The summed E-state index contributed by atoms with van der Waals surface area (Å²) in [7, 11) is 0. The Morgan fingerprint density at radius 3 is 1.55 bits per heavy atom. The quantitative estimate of drug-likeness (QED) is 0.143. The van der Waals surface area contributed by atoms with Crippen LogP contribution < -0.4 is 4.90 Å². The van der Waals surface area contributed by atoms with Gasteiger partial charge in [-0.1, -0.05) is 237 Å². The molecule has 0 radical (unpaired) electrons. The van der Waals surface area contributed by atoms with E-state index in [0.717, 1.165) is 61.3 Å². The number of furan rings is 1. The van der Waals surface area contributed by atoms with E-state index in [1.54, 1.807) is 0 Å². The first-order chi connectivity index (χ1) is 36.2. The SMILES string of the molecule is c1ccc(C2(c3ccccc3)c3ccccc3-c3c(-c4cccc(N(c5ccc(-c6ccc(-c7ccc8ccccc8c7)cc6)cc5)c5ccc(-c6cccc7c6oc6ccccc67)cc5)c4)cccc32)cc1. The molecule has 13 aromatic rings. The maximum Gasteiger partial charge on any atom is 0.143 e. The molecule has 0 fully saturated rings. The molecule has 0 N–H and O–H groups in total. The van der Waals surface area contributed by atoms with Gasteiger partial charge in [0.2, 0.25) is 0 Å². The van der Waals surface area contributed by atoms with Gasteiger partial charge in [-0.05, 0) is 132 Å². The van der Waals surface area contributed by atoms with Crippen LogP contribution in [0.15, 0.2) is 290 Å². The number of anilines is 3. The zero-order valence-corrected chi connectivity index (χ0v) is 40.0. The molecule has 1 heterocycles. The van der Waals surface area contributed by atoms with Crippen molar-refractivity contribution in [2.75, 3.05) is 4.90 Å². The summed E-state index contributed by atoms with van der Waals surface area (Å²) < 4.78 is 6.51. The largest absolute Gasteiger partial charge is 0.455 e. The van der Waals surface area contributed by atoms with Crippen molar-refractivity contribution in [3.05, 3.63) is 307 Å². The van der Waals surface area contributed by atoms with Crippen molar-refractivity contribution >= 4 is 49.8 Å². The number of rotatable bonds is 9. The molecule has 1 aliphatic rings. The van der Waals surface area contributed by atoms with Gasteiger partial charge < -0.3 is 9.32 Å². The number of fused-ring (bicyclic) bond motifs is 7. The summed E-state index contributed by atoms with van der Waals surface area (Å²) in [6, 6.07) is 104. The Balaban J connectivity index is 0.882. The lowest BCUT2D eigenvalue weighted by molar-refractivity contribution is 0.670. The van der Waals surface area contributed by atoms with Gasteiger partial charge in [0.1, 0.15) is 11.2 Å². The Morgan fingerprint density at radius 1 is 0.288 bits per heavy atom. The molecule has 342 valence electrons. The van der Waals surface area contributed by atoms with Gasteiger partial charge in [-0.15, -0.1) is 0 Å². The Hall–Kier alpha value is -9.50. The van der Waals surface area contributed by atoms with Crippen LogP contribution in [0.25, 0.3) is 88.3 Å². The third kappa shape index (κ3) is 7.02. The summed E-state index contributed by atoms with van der Waals surface area (Å²) in [6.45, 7) is 0. The normalized spacial score (nSPS) is 12.5. The van der Waals surface area contributed by atoms with Crippen LogP contribution in [0.5, 0.6) is 0 Å². The molecule has 1 aliphatic carbocycles. The van der Waals surface area contributed by atoms with Gasteiger partial charge in [-0.2, -0.15) is 0 Å². The maximum atomic E-state index is 6.51. The summed E-state index contributed by atoms with van der Waals surface area (Å²) in [4.78, 5) is 2.39. The van der Waals surface area contributed by atoms with E-state index in [9.17, 15) is 0 Å². The van der Waals surface area contributed by atoms with E-state index >= 15 is 0 Å². The number of benzene rings is 12. The van der Waals surface area contributed by atoms with E-state index in [2.05, 4.69) is 278 Å². The fourth-order valence-electron chi connectivity index (χ4n) is 11.8. The molecule has 2 nitrogen and oxygen atoms in total. The van der Waals surface area contributed by atoms with Gasteiger partial charge in [0.05, 0.1) is 5.41 Å². The molecule has 0 saturated heterocycles. The molecule has 0 amide bonds. The molecule has 2 heteroatoms. The van der Waals surface area contributed by atoms with Crippen molar-refractivity contribution in [3.63, 3.8) is 0 Å². The van der Waals surface area contributed by atoms with Crippen LogP contribution in [-0.4, -0.2) is 0 Å². The summed E-state index contributed by atoms with van der Waals surface area (Å²) in [6.07, 6.45) is 0. The molecule has 1 aromatic heterocycles. The zero-order chi connectivity index (χ0) is 48.3. The molecule has 0 spiro atoms. The average molecular weight is 930 g/mol. The fourth-order valence-corrected chi connectivity index (χ4v) is 11.8. The predicted octanol–water partition coefficient (Wildman–Crippen LogP) is 19.2. The lowest BCUT2D eigenvalue weighted by Crippen LogP contribution is -2.28. The van der Waals surface area contributed by atoms with E-state index in [0.29, 0.717) is 0 Å². The second-order valence-electron chi connectivity index (χ2n) is 19.2. The van der Waals surface area contributed by atoms with Crippen LogP contribution in [-0.2, 0) is 5.41 Å². The monoisotopic (exact) mass is 929 g/mol. The highest BCUT2D eigenvalue weighted by atomic mass is 16.3. The highest BCUT2D eigenvalue weighted by Crippen LogP contribution is 2.58. The molecule has 73 heavy (non-hydrogen) atoms. The first kappa shape index (κ1) is 42.4. The Morgan fingerprint density at radius 2 is 0.808 bits per heavy atom. The smallest absolute Gasteiger partial charge is 0.143 e. The predicted molar refractivity (Wildman–Crippen MR) is 305 cm³/mol. The molecular weight excluding hydrogens is 883 g/mol. The zero-order valence-electron chi connectivity index (χ0n) is 40.0. The highest BCUT2D eigenvalue weighted by Gasteiger charge is 2.46. The molecule has 0 aliphatic heterocycles. The average Bonchev–Trinajstić information content (AvgIpc) is 4.01. The van der Waals surface area contributed by atoms with E-state index in [1.807, 2.05) is 12.1 Å². The summed E-state index contributed by atoms with van der Waals surface area (Å²) in [5.74, 6) is 0. The minimum Gasteiger partial charge on any atom is -0.455 e. The minimum absolute atomic E-state index is 0.485. The topological polar surface area (TPSA) is 16.4 Å². The van der Waals surface area contributed by atoms with Crippen molar-refractivity contribution in [2.45, 2.75) is 5.41 Å². The van der Waals surface area contributed by atoms with Crippen molar-refractivity contribution in [3.8, 4) is 55.6 Å². The molecule has 0 atom stereocenters. The molecule has 12 aromatic carbocycles. The standard InChI is InChI=1S/C71H47NO/c1-3-19-56(20-4-1)71(57-21-5-2-6-22-57)66-29-11-9-25-65(66)69-61(26-15-30-67(69)71)55-18-13-23-60(47-55)72(59-44-40-52(41-45-59)62-27-14-28-64-63-24-10-12-31-68(63)73-70(62)64)58-42-38-50(39-43-58)49-32-34-51(35-33-49)54-37-36-48-16-7-8-17-53(48)46-54/h1-47H. The first-order valence-electron chi connectivity index (χ1n) is 25.1. The number of para-hydroxylation sites is 2. The summed E-state index contributed by atoms with van der Waals surface area (Å²) in [5, 5.41) is 4.76. The number of hydrogen-bond donors (Lipinski definition) is 0. The molecule has 14 rings (SSSR count). The third-order valence-corrected chi connectivity index (χ3v) is 15.2. The van der Waals surface area contributed by atoms with Crippen LogP contribution in [0, 0.1) is 0 Å². The number of hydrogen-bond acceptors (Lipinski definition) is 2. The van der Waals surface area contributed by atoms with Crippen LogP contribution >= 0.6 is 0 Å². The third-order valence-electron chi connectivity index (χ3n) is 15.2. The first-order valence-corrected chi connectivity index (χ1v) is 25.1. The Bertz CT molecular complexity index is 4130. The highest BCUT2D eigenvalue weighted by molar-refractivity contribution is 6.09. The molecule has 0 bridgehead atoms. The lowest BCUT2D eigenvalue weighted by atomic mass is 9.67. The fraction of sp³-hybridized carbons (Fsp3) is 0.0141. The second-order valence-corrected chi connectivity index (χ2v) is 19.2. The van der Waals surface area contributed by atoms with Gasteiger partial charge in [0, 0.05) is 33.4 Å². The number of nitrogens with zero attached hydrogens (tertiary/aromatic N) is 1. The Kier molecular flexibility index (Phi) is 10.1. The lowest BCUT2D eigenvalue weighted by Gasteiger charge is -2.34. The van der Waals surface area contributed by atoms with E-state index < -0.39 is 5.41 Å². The van der Waals surface area contributed by atoms with Crippen molar-refractivity contribution in [1.29, 1.82) is 0 Å². The van der Waals surface area contributed by atoms with Gasteiger partial charge in [-0.3, -0.25) is 0 Å². The summed E-state index contributed by atoms with van der Waals surface area (Å²) in [5.41, 5.74) is 21.4. The van der Waals surface area contributed by atoms with Crippen molar-refractivity contribution in [1.82, 2.24) is 0 Å². The van der Waals surface area contributed by atoms with E-state index in [-0.39, 0.29) is 0 Å². The van der Waals surface area contributed by atoms with Gasteiger partial charge in [0.25, 0.3) is 0 Å². The minimum atomic E-state index is -0.485. The second kappa shape index (κ2) is 17.4. The maximum absolute atomic E-state index is 6.51. The molecule has 0 unspecified atom stereocenters. The summed E-state index contributed by atoms with van der Waals surface area (Å²) >= 11 is 0. The van der Waals surface area contributed by atoms with Crippen LogP contribution in [0.3, 0.4) is 0 Å². The molecule has 0 saturated carbocycles. The van der Waals surface area contributed by atoms with E-state index in [1.165, 1.54) is 66.4 Å². The van der Waals surface area contributed by atoms with Gasteiger partial charge in [-0.25, -0.2) is 0 Å². The van der Waals surface area contributed by atoms with Gasteiger partial charge in [0.15, 0.2) is 0 Å². The van der Waals surface area contributed by atoms with Crippen LogP contribution in [0.1, 0.15) is 22.3 Å². The van der Waals surface area contributed by atoms with Crippen LogP contribution in [0.2, 0.25) is 0 Å². The van der Waals surface area contributed by atoms with E-state index in [4.69, 9.17) is 4.42 Å². The van der Waals surface area contributed by atoms with Crippen molar-refractivity contribution < 1.29 is 4.42 Å². The van der Waals surface area contributed by atoms with Crippen molar-refractivity contribution in [2.24, 2.45) is 0 Å². The van der Waals surface area contributed by atoms with Crippen LogP contribution in [0.4, 0.5) is 17.1 Å². The Labute approximate surface area is 425 Å². The van der Waals surface area contributed by atoms with Gasteiger partial charge >= 0.3 is 0 Å². The molecular formula is C71H47NO.